The molecule has 0 aliphatic heterocycles. The maximum atomic E-state index is 12.3. The molecule has 0 unspecified atom stereocenters. The average molecular weight is 409 g/mol. The van der Waals surface area contributed by atoms with Gasteiger partial charge < -0.3 is 16.0 Å². The van der Waals surface area contributed by atoms with E-state index >= 15 is 0 Å². The number of benzene rings is 3. The molecule has 0 saturated carbocycles. The second-order valence-corrected chi connectivity index (χ2v) is 8.29. The van der Waals surface area contributed by atoms with Crippen LogP contribution < -0.4 is 16.0 Å². The number of carbonyl (C=O) groups excluding carboxylic acids is 2. The van der Waals surface area contributed by atoms with Crippen LogP contribution in [0.25, 0.3) is 0 Å². The smallest absolute Gasteiger partial charge is 0.322 e. The van der Waals surface area contributed by atoms with Crippen molar-refractivity contribution in [3.05, 3.63) is 84.4 Å². The Morgan fingerprint density at radius 1 is 0.655 bits per heavy atom. The summed E-state index contributed by atoms with van der Waals surface area (Å²) in [5, 5.41) is 8.13. The zero-order valence-electron chi connectivity index (χ0n) is 15.5. The van der Waals surface area contributed by atoms with Gasteiger partial charge in [0.15, 0.2) is 9.84 Å². The molecule has 3 N–H and O–H groups in total. The molecule has 0 aromatic heterocycles. The fourth-order valence-corrected chi connectivity index (χ4v) is 3.14. The third-order valence-electron chi connectivity index (χ3n) is 3.98. The van der Waals surface area contributed by atoms with Gasteiger partial charge in [0.2, 0.25) is 0 Å². The Morgan fingerprint density at radius 3 is 1.66 bits per heavy atom. The van der Waals surface area contributed by atoms with E-state index in [0.29, 0.717) is 22.6 Å². The zero-order chi connectivity index (χ0) is 20.9. The lowest BCUT2D eigenvalue weighted by Gasteiger charge is -2.09. The highest BCUT2D eigenvalue weighted by molar-refractivity contribution is 7.90. The van der Waals surface area contributed by atoms with Gasteiger partial charge in [-0.2, -0.15) is 0 Å². The van der Waals surface area contributed by atoms with Crippen molar-refractivity contribution in [2.24, 2.45) is 0 Å². The molecule has 3 aromatic rings. The highest BCUT2D eigenvalue weighted by atomic mass is 32.2. The molecule has 8 heteroatoms. The fraction of sp³-hybridized carbons (Fsp3) is 0.0476. The van der Waals surface area contributed by atoms with E-state index in [4.69, 9.17) is 0 Å². The minimum Gasteiger partial charge on any atom is -0.322 e. The third kappa shape index (κ3) is 5.66. The van der Waals surface area contributed by atoms with Crippen LogP contribution >= 0.6 is 0 Å². The van der Waals surface area contributed by atoms with Crippen molar-refractivity contribution >= 4 is 38.8 Å². The molecule has 0 aliphatic rings. The first-order valence-corrected chi connectivity index (χ1v) is 10.5. The molecular formula is C21H19N3O4S. The lowest BCUT2D eigenvalue weighted by atomic mass is 10.2. The van der Waals surface area contributed by atoms with Crippen LogP contribution in [-0.4, -0.2) is 26.6 Å². The van der Waals surface area contributed by atoms with E-state index in [1.807, 2.05) is 18.2 Å². The number of hydrogen-bond donors (Lipinski definition) is 3. The van der Waals surface area contributed by atoms with Gasteiger partial charge in [-0.15, -0.1) is 0 Å². The maximum absolute atomic E-state index is 12.3. The summed E-state index contributed by atoms with van der Waals surface area (Å²) in [6.45, 7) is 0. The maximum Gasteiger partial charge on any atom is 0.323 e. The zero-order valence-corrected chi connectivity index (χ0v) is 16.4. The van der Waals surface area contributed by atoms with Crippen molar-refractivity contribution in [2.45, 2.75) is 4.90 Å². The van der Waals surface area contributed by atoms with Crippen LogP contribution in [0, 0.1) is 0 Å². The van der Waals surface area contributed by atoms with Crippen LogP contribution in [0.3, 0.4) is 0 Å². The van der Waals surface area contributed by atoms with Crippen LogP contribution in [0.1, 0.15) is 10.4 Å². The molecule has 0 radical (unpaired) electrons. The molecule has 3 rings (SSSR count). The molecule has 29 heavy (non-hydrogen) atoms. The molecule has 0 bridgehead atoms. The Labute approximate surface area is 168 Å². The summed E-state index contributed by atoms with van der Waals surface area (Å²) < 4.78 is 23.0. The number of hydrogen-bond acceptors (Lipinski definition) is 4. The fourth-order valence-electron chi connectivity index (χ4n) is 2.51. The number of para-hydroxylation sites is 1. The molecule has 0 heterocycles. The average Bonchev–Trinajstić information content (AvgIpc) is 2.69. The van der Waals surface area contributed by atoms with Crippen molar-refractivity contribution in [1.82, 2.24) is 0 Å². The molecule has 0 fully saturated rings. The topological polar surface area (TPSA) is 104 Å². The van der Waals surface area contributed by atoms with Crippen LogP contribution in [-0.2, 0) is 9.84 Å². The third-order valence-corrected chi connectivity index (χ3v) is 5.11. The number of rotatable bonds is 5. The molecule has 0 saturated heterocycles. The van der Waals surface area contributed by atoms with Gasteiger partial charge in [-0.3, -0.25) is 4.79 Å². The van der Waals surface area contributed by atoms with Crippen molar-refractivity contribution in [1.29, 1.82) is 0 Å². The van der Waals surface area contributed by atoms with E-state index in [9.17, 15) is 18.0 Å². The first kappa shape index (κ1) is 20.1. The molecule has 3 aromatic carbocycles. The van der Waals surface area contributed by atoms with Gasteiger partial charge in [-0.05, 0) is 60.7 Å². The number of carbonyl (C=O) groups is 2. The SMILES string of the molecule is CS(=O)(=O)c1ccc(C(=O)Nc2ccc(NC(=O)Nc3ccccc3)cc2)cc1. The lowest BCUT2D eigenvalue weighted by Crippen LogP contribution is -2.19. The summed E-state index contributed by atoms with van der Waals surface area (Å²) in [5.41, 5.74) is 2.11. The van der Waals surface area contributed by atoms with E-state index in [1.54, 1.807) is 36.4 Å². The van der Waals surface area contributed by atoms with E-state index in [-0.39, 0.29) is 16.8 Å². The summed E-state index contributed by atoms with van der Waals surface area (Å²) in [6, 6.07) is 21.0. The van der Waals surface area contributed by atoms with E-state index in [2.05, 4.69) is 16.0 Å². The van der Waals surface area contributed by atoms with Gasteiger partial charge in [-0.25, -0.2) is 13.2 Å². The number of sulfone groups is 1. The Morgan fingerprint density at radius 2 is 1.14 bits per heavy atom. The molecule has 0 atom stereocenters. The molecule has 148 valence electrons. The number of nitrogens with one attached hydrogen (secondary N) is 3. The minimum atomic E-state index is -3.31. The second-order valence-electron chi connectivity index (χ2n) is 6.27. The normalized spacial score (nSPS) is 10.8. The van der Waals surface area contributed by atoms with Gasteiger partial charge >= 0.3 is 6.03 Å². The summed E-state index contributed by atoms with van der Waals surface area (Å²) in [7, 11) is -3.31. The van der Waals surface area contributed by atoms with Gasteiger partial charge in [0.25, 0.3) is 5.91 Å². The Bertz CT molecular complexity index is 1110. The van der Waals surface area contributed by atoms with Crippen LogP contribution in [0.15, 0.2) is 83.8 Å². The van der Waals surface area contributed by atoms with Crippen molar-refractivity contribution in [3.8, 4) is 0 Å². The van der Waals surface area contributed by atoms with Crippen LogP contribution in [0.5, 0.6) is 0 Å². The highest BCUT2D eigenvalue weighted by Gasteiger charge is 2.10. The number of urea groups is 1. The van der Waals surface area contributed by atoms with Crippen LogP contribution in [0.2, 0.25) is 0 Å². The van der Waals surface area contributed by atoms with Gasteiger partial charge in [0.1, 0.15) is 0 Å². The molecule has 3 amide bonds. The number of amides is 3. The van der Waals surface area contributed by atoms with E-state index in [0.717, 1.165) is 6.26 Å². The van der Waals surface area contributed by atoms with Gasteiger partial charge in [0, 0.05) is 28.9 Å². The first-order valence-electron chi connectivity index (χ1n) is 8.66. The summed E-state index contributed by atoms with van der Waals surface area (Å²) >= 11 is 0. The Hall–Kier alpha value is -3.65. The van der Waals surface area contributed by atoms with Crippen molar-refractivity contribution in [3.63, 3.8) is 0 Å². The molecular weight excluding hydrogens is 390 g/mol. The first-order chi connectivity index (χ1) is 13.8. The predicted molar refractivity (Wildman–Crippen MR) is 113 cm³/mol. The summed E-state index contributed by atoms with van der Waals surface area (Å²) in [6.07, 6.45) is 1.11. The quantitative estimate of drug-likeness (QED) is 0.593. The largest absolute Gasteiger partial charge is 0.323 e. The molecule has 7 nitrogen and oxygen atoms in total. The lowest BCUT2D eigenvalue weighted by molar-refractivity contribution is 0.102. The van der Waals surface area contributed by atoms with Crippen molar-refractivity contribution < 1.29 is 18.0 Å². The monoisotopic (exact) mass is 409 g/mol. The molecule has 0 aliphatic carbocycles. The van der Waals surface area contributed by atoms with Gasteiger partial charge in [-0.1, -0.05) is 18.2 Å². The second kappa shape index (κ2) is 8.57. The van der Waals surface area contributed by atoms with E-state index < -0.39 is 9.84 Å². The standard InChI is InChI=1S/C21H19N3O4S/c1-29(27,28)19-13-7-15(8-14-19)20(25)22-17-9-11-18(12-10-17)24-21(26)23-16-5-3-2-4-6-16/h2-14H,1H3,(H,22,25)(H2,23,24,26). The van der Waals surface area contributed by atoms with E-state index in [1.165, 1.54) is 24.3 Å². The Kier molecular flexibility index (Phi) is 5.94. The highest BCUT2D eigenvalue weighted by Crippen LogP contribution is 2.16. The number of anilines is 3. The van der Waals surface area contributed by atoms with Crippen molar-refractivity contribution in [2.75, 3.05) is 22.2 Å². The summed E-state index contributed by atoms with van der Waals surface area (Å²) in [4.78, 5) is 24.4. The van der Waals surface area contributed by atoms with Crippen LogP contribution in [0.4, 0.5) is 21.9 Å². The van der Waals surface area contributed by atoms with Gasteiger partial charge in [0.05, 0.1) is 4.90 Å². The summed E-state index contributed by atoms with van der Waals surface area (Å²) in [5.74, 6) is -0.368. The minimum absolute atomic E-state index is 0.151. The predicted octanol–water partition coefficient (Wildman–Crippen LogP) is 3.99. The Balaban J connectivity index is 1.58. The molecule has 0 spiro atoms.